The number of benzene rings is 2. The lowest BCUT2D eigenvalue weighted by Gasteiger charge is -2.28. The topological polar surface area (TPSA) is 78.0 Å². The summed E-state index contributed by atoms with van der Waals surface area (Å²) in [6.07, 6.45) is 0.611. The number of nitrogens with zero attached hydrogens (tertiary/aromatic N) is 3. The van der Waals surface area contributed by atoms with Gasteiger partial charge in [-0.05, 0) is 49.7 Å². The summed E-state index contributed by atoms with van der Waals surface area (Å²) in [6, 6.07) is 12.4. The fourth-order valence-electron chi connectivity index (χ4n) is 4.05. The number of hydrogen-bond acceptors (Lipinski definition) is 4. The van der Waals surface area contributed by atoms with Gasteiger partial charge in [-0.25, -0.2) is 0 Å². The van der Waals surface area contributed by atoms with Crippen LogP contribution in [-0.4, -0.2) is 70.5 Å². The molecule has 1 atom stereocenters. The van der Waals surface area contributed by atoms with Gasteiger partial charge >= 0.3 is 0 Å². The zero-order valence-corrected chi connectivity index (χ0v) is 17.8. The first-order valence-corrected chi connectivity index (χ1v) is 10.6. The zero-order chi connectivity index (χ0) is 22.1. The fraction of sp³-hybridized carbons (Fsp3) is 0.304. The van der Waals surface area contributed by atoms with E-state index in [4.69, 9.17) is 11.6 Å². The van der Waals surface area contributed by atoms with Crippen molar-refractivity contribution in [2.75, 3.05) is 26.2 Å². The molecule has 1 saturated heterocycles. The molecule has 2 aliphatic rings. The van der Waals surface area contributed by atoms with Gasteiger partial charge in [-0.15, -0.1) is 0 Å². The second-order valence-corrected chi connectivity index (χ2v) is 8.12. The number of imide groups is 1. The normalized spacial score (nSPS) is 17.4. The largest absolute Gasteiger partial charge is 0.339 e. The van der Waals surface area contributed by atoms with Crippen LogP contribution in [0.15, 0.2) is 48.5 Å². The highest BCUT2D eigenvalue weighted by molar-refractivity contribution is 6.30. The van der Waals surface area contributed by atoms with Crippen molar-refractivity contribution in [1.29, 1.82) is 0 Å². The molecule has 4 rings (SSSR count). The second kappa shape index (κ2) is 8.51. The van der Waals surface area contributed by atoms with Crippen molar-refractivity contribution in [3.05, 3.63) is 70.2 Å². The molecule has 0 aliphatic carbocycles. The number of halogens is 1. The molecule has 2 aliphatic heterocycles. The third-order valence-corrected chi connectivity index (χ3v) is 6.01. The minimum atomic E-state index is -0.911. The van der Waals surface area contributed by atoms with Crippen LogP contribution in [0.4, 0.5) is 0 Å². The molecule has 1 fully saturated rings. The molecule has 0 spiro atoms. The van der Waals surface area contributed by atoms with Gasteiger partial charge in [0.1, 0.15) is 6.04 Å². The molecule has 2 heterocycles. The molecule has 8 heteroatoms. The van der Waals surface area contributed by atoms with Gasteiger partial charge in [0, 0.05) is 36.8 Å². The predicted octanol–water partition coefficient (Wildman–Crippen LogP) is 2.70. The van der Waals surface area contributed by atoms with Gasteiger partial charge in [0.15, 0.2) is 0 Å². The van der Waals surface area contributed by atoms with Crippen LogP contribution in [0.2, 0.25) is 5.02 Å². The molecule has 2 aromatic carbocycles. The van der Waals surface area contributed by atoms with Crippen LogP contribution in [0.5, 0.6) is 0 Å². The van der Waals surface area contributed by atoms with E-state index in [1.807, 2.05) is 0 Å². The molecule has 160 valence electrons. The second-order valence-electron chi connectivity index (χ2n) is 7.68. The zero-order valence-electron chi connectivity index (χ0n) is 17.1. The molecule has 4 amide bonds. The summed E-state index contributed by atoms with van der Waals surface area (Å²) in [5, 5.41) is 0.561. The van der Waals surface area contributed by atoms with E-state index in [2.05, 4.69) is 0 Å². The maximum atomic E-state index is 13.1. The number of carbonyl (C=O) groups excluding carboxylic acids is 4. The van der Waals surface area contributed by atoms with Crippen molar-refractivity contribution < 1.29 is 19.2 Å². The molecule has 2 aromatic rings. The van der Waals surface area contributed by atoms with E-state index in [9.17, 15) is 19.2 Å². The first kappa shape index (κ1) is 21.1. The molecular weight excluding hydrogens is 418 g/mol. The van der Waals surface area contributed by atoms with Gasteiger partial charge < -0.3 is 9.80 Å². The highest BCUT2D eigenvalue weighted by Gasteiger charge is 2.41. The van der Waals surface area contributed by atoms with E-state index in [0.29, 0.717) is 54.3 Å². The lowest BCUT2D eigenvalue weighted by molar-refractivity contribution is -0.134. The SMILES string of the molecule is CC(C(=O)N1CCCN(C(=O)c2ccc(Cl)cc2)CC1)N1C(=O)c2ccccc2C1=O. The van der Waals surface area contributed by atoms with Gasteiger partial charge in [0.2, 0.25) is 5.91 Å². The lowest BCUT2D eigenvalue weighted by atomic mass is 10.1. The summed E-state index contributed by atoms with van der Waals surface area (Å²) in [5.74, 6) is -1.30. The summed E-state index contributed by atoms with van der Waals surface area (Å²) in [5.41, 5.74) is 1.19. The van der Waals surface area contributed by atoms with E-state index in [1.54, 1.807) is 65.3 Å². The molecule has 0 radical (unpaired) electrons. The molecule has 0 bridgehead atoms. The van der Waals surface area contributed by atoms with E-state index >= 15 is 0 Å². The molecule has 7 nitrogen and oxygen atoms in total. The molecule has 0 saturated carbocycles. The third-order valence-electron chi connectivity index (χ3n) is 5.76. The van der Waals surface area contributed by atoms with E-state index < -0.39 is 17.9 Å². The van der Waals surface area contributed by atoms with Crippen molar-refractivity contribution >= 4 is 35.2 Å². The van der Waals surface area contributed by atoms with Crippen molar-refractivity contribution in [3.63, 3.8) is 0 Å². The van der Waals surface area contributed by atoms with Gasteiger partial charge in [0.05, 0.1) is 11.1 Å². The number of carbonyl (C=O) groups is 4. The summed E-state index contributed by atoms with van der Waals surface area (Å²) in [4.78, 5) is 55.7. The first-order valence-electron chi connectivity index (χ1n) is 10.2. The van der Waals surface area contributed by atoms with Crippen LogP contribution < -0.4 is 0 Å². The molecule has 0 N–H and O–H groups in total. The maximum Gasteiger partial charge on any atom is 0.262 e. The van der Waals surface area contributed by atoms with Crippen LogP contribution in [0.1, 0.15) is 44.4 Å². The maximum absolute atomic E-state index is 13.1. The van der Waals surface area contributed by atoms with Crippen molar-refractivity contribution in [3.8, 4) is 0 Å². The quantitative estimate of drug-likeness (QED) is 0.689. The average molecular weight is 440 g/mol. The molecule has 0 aromatic heterocycles. The van der Waals surface area contributed by atoms with Crippen LogP contribution >= 0.6 is 11.6 Å². The Morgan fingerprint density at radius 3 is 2.00 bits per heavy atom. The Kier molecular flexibility index (Phi) is 5.78. The van der Waals surface area contributed by atoms with E-state index in [-0.39, 0.29) is 11.8 Å². The Morgan fingerprint density at radius 1 is 0.839 bits per heavy atom. The van der Waals surface area contributed by atoms with Gasteiger partial charge in [0.25, 0.3) is 17.7 Å². The fourth-order valence-corrected chi connectivity index (χ4v) is 4.18. The first-order chi connectivity index (χ1) is 14.9. The molecule has 1 unspecified atom stereocenters. The Hall–Kier alpha value is -3.19. The smallest absolute Gasteiger partial charge is 0.262 e. The monoisotopic (exact) mass is 439 g/mol. The minimum Gasteiger partial charge on any atom is -0.339 e. The van der Waals surface area contributed by atoms with Crippen molar-refractivity contribution in [1.82, 2.24) is 14.7 Å². The Balaban J connectivity index is 1.43. The van der Waals surface area contributed by atoms with Crippen LogP contribution in [-0.2, 0) is 4.79 Å². The van der Waals surface area contributed by atoms with Crippen molar-refractivity contribution in [2.45, 2.75) is 19.4 Å². The molecular formula is C23H22ClN3O4. The van der Waals surface area contributed by atoms with Crippen molar-refractivity contribution in [2.24, 2.45) is 0 Å². The Labute approximate surface area is 185 Å². The van der Waals surface area contributed by atoms with Gasteiger partial charge in [-0.3, -0.25) is 24.1 Å². The number of hydrogen-bond donors (Lipinski definition) is 0. The number of rotatable bonds is 3. The highest BCUT2D eigenvalue weighted by Crippen LogP contribution is 2.25. The summed E-state index contributed by atoms with van der Waals surface area (Å²) in [6.45, 7) is 3.27. The van der Waals surface area contributed by atoms with Crippen LogP contribution in [0.3, 0.4) is 0 Å². The average Bonchev–Trinajstić information content (AvgIpc) is 2.93. The Morgan fingerprint density at radius 2 is 1.39 bits per heavy atom. The summed E-state index contributed by atoms with van der Waals surface area (Å²) in [7, 11) is 0. The highest BCUT2D eigenvalue weighted by atomic mass is 35.5. The van der Waals surface area contributed by atoms with Crippen LogP contribution in [0, 0.1) is 0 Å². The summed E-state index contributed by atoms with van der Waals surface area (Å²) >= 11 is 5.89. The van der Waals surface area contributed by atoms with Crippen LogP contribution in [0.25, 0.3) is 0 Å². The predicted molar refractivity (Wildman–Crippen MR) is 115 cm³/mol. The van der Waals surface area contributed by atoms with E-state index in [1.165, 1.54) is 0 Å². The summed E-state index contributed by atoms with van der Waals surface area (Å²) < 4.78 is 0. The number of amides is 4. The van der Waals surface area contributed by atoms with Gasteiger partial charge in [-0.2, -0.15) is 0 Å². The van der Waals surface area contributed by atoms with E-state index in [0.717, 1.165) is 4.90 Å². The Bertz CT molecular complexity index is 1020. The minimum absolute atomic E-state index is 0.112. The third kappa shape index (κ3) is 3.93. The number of fused-ring (bicyclic) bond motifs is 1. The standard InChI is InChI=1S/C23H22ClN3O4/c1-15(27-22(30)18-5-2-3-6-19(18)23(27)31)20(28)25-11-4-12-26(14-13-25)21(29)16-7-9-17(24)10-8-16/h2-3,5-10,15H,4,11-14H2,1H3. The lowest BCUT2D eigenvalue weighted by Crippen LogP contribution is -2.50. The van der Waals surface area contributed by atoms with Gasteiger partial charge in [-0.1, -0.05) is 23.7 Å². The molecule has 31 heavy (non-hydrogen) atoms.